The maximum absolute atomic E-state index is 9.90. The Balaban J connectivity index is 2.12. The van der Waals surface area contributed by atoms with E-state index in [2.05, 4.69) is 66.9 Å². The van der Waals surface area contributed by atoms with Crippen LogP contribution in [0, 0.1) is 5.92 Å². The minimum Gasteiger partial charge on any atom is -0.398 e. The summed E-state index contributed by atoms with van der Waals surface area (Å²) in [7, 11) is 0. The van der Waals surface area contributed by atoms with E-state index in [0.717, 1.165) is 28.3 Å². The number of hydrogen-bond acceptors (Lipinski definition) is 7. The highest BCUT2D eigenvalue weighted by Gasteiger charge is 2.29. The van der Waals surface area contributed by atoms with Crippen molar-refractivity contribution >= 4 is 17.5 Å². The zero-order chi connectivity index (χ0) is 22.7. The van der Waals surface area contributed by atoms with Crippen LogP contribution in [-0.2, 0) is 6.54 Å². The van der Waals surface area contributed by atoms with Gasteiger partial charge in [-0.2, -0.15) is 10.1 Å². The molecule has 0 fully saturated rings. The topological polar surface area (TPSA) is 114 Å². The number of para-hydroxylation sites is 1. The molecule has 8 heteroatoms. The predicted molar refractivity (Wildman–Crippen MR) is 126 cm³/mol. The molecule has 0 amide bonds. The highest BCUT2D eigenvalue weighted by atomic mass is 16.3. The molecule has 0 radical (unpaired) electrons. The molecule has 0 saturated heterocycles. The maximum Gasteiger partial charge on any atom is 0.205 e. The fourth-order valence-corrected chi connectivity index (χ4v) is 3.62. The van der Waals surface area contributed by atoms with Gasteiger partial charge in [0, 0.05) is 18.3 Å². The highest BCUT2D eigenvalue weighted by molar-refractivity contribution is 5.75. The second-order valence-electron chi connectivity index (χ2n) is 8.91. The van der Waals surface area contributed by atoms with Crippen LogP contribution in [0.2, 0.25) is 0 Å². The first-order chi connectivity index (χ1) is 14.7. The summed E-state index contributed by atoms with van der Waals surface area (Å²) in [5.41, 5.74) is 10.5. The first kappa shape index (κ1) is 22.8. The van der Waals surface area contributed by atoms with E-state index < -0.39 is 0 Å². The Kier molecular flexibility index (Phi) is 7.00. The average Bonchev–Trinajstić information content (AvgIpc) is 3.15. The third-order valence-electron chi connectivity index (χ3n) is 5.52. The summed E-state index contributed by atoms with van der Waals surface area (Å²) in [5.74, 6) is 1.79. The highest BCUT2D eigenvalue weighted by Crippen LogP contribution is 2.38. The van der Waals surface area contributed by atoms with Gasteiger partial charge < -0.3 is 26.0 Å². The number of benzene rings is 1. The second kappa shape index (κ2) is 9.51. The molecule has 2 aliphatic rings. The molecule has 8 nitrogen and oxygen atoms in total. The lowest BCUT2D eigenvalue weighted by Crippen LogP contribution is -2.32. The van der Waals surface area contributed by atoms with Crippen LogP contribution in [0.4, 0.5) is 17.5 Å². The van der Waals surface area contributed by atoms with Gasteiger partial charge in [0.1, 0.15) is 0 Å². The van der Waals surface area contributed by atoms with Crippen LogP contribution in [0.5, 0.6) is 0 Å². The number of nitrogens with one attached hydrogen (secondary N) is 2. The molecular weight excluding hydrogens is 390 g/mol. The first-order valence-corrected chi connectivity index (χ1v) is 11.0. The molecule has 1 unspecified atom stereocenters. The van der Waals surface area contributed by atoms with Gasteiger partial charge in [-0.25, -0.2) is 0 Å². The van der Waals surface area contributed by atoms with E-state index >= 15 is 0 Å². The molecule has 0 aliphatic carbocycles. The molecule has 2 heterocycles. The molecule has 3 rings (SSSR count). The van der Waals surface area contributed by atoms with Gasteiger partial charge >= 0.3 is 0 Å². The van der Waals surface area contributed by atoms with Gasteiger partial charge in [0.05, 0.1) is 24.0 Å². The van der Waals surface area contributed by atoms with Crippen LogP contribution in [0.25, 0.3) is 11.4 Å². The van der Waals surface area contributed by atoms with Crippen molar-refractivity contribution in [3.05, 3.63) is 35.5 Å². The van der Waals surface area contributed by atoms with E-state index in [1.165, 1.54) is 0 Å². The molecule has 1 atom stereocenters. The van der Waals surface area contributed by atoms with Gasteiger partial charge in [0.2, 0.25) is 5.95 Å². The quantitative estimate of drug-likeness (QED) is 0.382. The van der Waals surface area contributed by atoms with E-state index in [1.807, 2.05) is 24.3 Å². The van der Waals surface area contributed by atoms with Crippen LogP contribution >= 0.6 is 0 Å². The molecule has 31 heavy (non-hydrogen) atoms. The van der Waals surface area contributed by atoms with Gasteiger partial charge in [-0.05, 0) is 37.3 Å². The lowest BCUT2D eigenvalue weighted by atomic mass is 10.0. The van der Waals surface area contributed by atoms with Gasteiger partial charge in [-0.15, -0.1) is 5.10 Å². The van der Waals surface area contributed by atoms with E-state index in [-0.39, 0.29) is 30.5 Å². The molecule has 0 spiro atoms. The smallest absolute Gasteiger partial charge is 0.205 e. The van der Waals surface area contributed by atoms with Crippen molar-refractivity contribution in [2.75, 3.05) is 23.0 Å². The third-order valence-corrected chi connectivity index (χ3v) is 5.52. The molecule has 0 saturated carbocycles. The lowest BCUT2D eigenvalue weighted by Gasteiger charge is -2.28. The fourth-order valence-electron chi connectivity index (χ4n) is 3.62. The van der Waals surface area contributed by atoms with E-state index in [4.69, 9.17) is 10.7 Å². The normalized spacial score (nSPS) is 12.8. The average molecular weight is 426 g/mol. The van der Waals surface area contributed by atoms with Crippen molar-refractivity contribution < 1.29 is 5.11 Å². The van der Waals surface area contributed by atoms with Crippen molar-refractivity contribution in [1.82, 2.24) is 19.7 Å². The van der Waals surface area contributed by atoms with Crippen molar-refractivity contribution in [3.63, 3.8) is 0 Å². The summed E-state index contributed by atoms with van der Waals surface area (Å²) in [6.45, 7) is 13.2. The molecule has 0 bridgehead atoms. The number of rotatable bonds is 9. The minimum absolute atomic E-state index is 0.0212. The van der Waals surface area contributed by atoms with E-state index in [1.54, 1.807) is 0 Å². The maximum atomic E-state index is 9.90. The molecule has 0 aromatic heterocycles. The second-order valence-corrected chi connectivity index (χ2v) is 8.91. The monoisotopic (exact) mass is 425 g/mol. The summed E-state index contributed by atoms with van der Waals surface area (Å²) in [6.07, 6.45) is 0. The first-order valence-electron chi connectivity index (χ1n) is 11.0. The number of aromatic nitrogens is 4. The zero-order valence-corrected chi connectivity index (χ0v) is 19.3. The van der Waals surface area contributed by atoms with Crippen molar-refractivity contribution in [2.24, 2.45) is 5.92 Å². The lowest BCUT2D eigenvalue weighted by molar-refractivity contribution is 0.248. The summed E-state index contributed by atoms with van der Waals surface area (Å²) in [4.78, 5) is 4.90. The number of nitrogens with two attached hydrogens (primary N) is 1. The van der Waals surface area contributed by atoms with Crippen LogP contribution in [-0.4, -0.2) is 37.5 Å². The Bertz CT molecular complexity index is 980. The predicted octanol–water partition coefficient (Wildman–Crippen LogP) is 4.11. The number of hydrogen-bond donors (Lipinski definition) is 4. The van der Waals surface area contributed by atoms with Gasteiger partial charge in [0.15, 0.2) is 11.5 Å². The molecule has 1 aromatic rings. The third kappa shape index (κ3) is 4.74. The Morgan fingerprint density at radius 1 is 1.06 bits per heavy atom. The molecule has 5 N–H and O–H groups in total. The van der Waals surface area contributed by atoms with Crippen LogP contribution < -0.4 is 16.4 Å². The standard InChI is InChI=1S/C23H35N7O/c1-13(2)18(12-31)26-23-27-22(25-11-16-9-7-8-10-17(16)24)20-21(30(23)15(5)6)19(14(3)4)28-29-20/h7-10,13-15,18,25,31H,11-12,24H2,1-6H3,(H,26,27). The number of fused-ring (bicyclic) bond motifs is 1. The zero-order valence-electron chi connectivity index (χ0n) is 19.3. The summed E-state index contributed by atoms with van der Waals surface area (Å²) in [6, 6.07) is 7.78. The van der Waals surface area contributed by atoms with Crippen molar-refractivity contribution in [3.8, 4) is 11.4 Å². The number of anilines is 3. The van der Waals surface area contributed by atoms with Crippen LogP contribution in [0.15, 0.2) is 24.3 Å². The van der Waals surface area contributed by atoms with Crippen molar-refractivity contribution in [2.45, 2.75) is 66.1 Å². The van der Waals surface area contributed by atoms with Gasteiger partial charge in [-0.3, -0.25) is 0 Å². The SMILES string of the molecule is CC(C)c1nnc2c(NCc3ccccc3N)nc(NC(CO)C(C)C)n(C(C)C)c1-2. The van der Waals surface area contributed by atoms with Crippen LogP contribution in [0.1, 0.15) is 64.8 Å². The van der Waals surface area contributed by atoms with Gasteiger partial charge in [0.25, 0.3) is 0 Å². The molecular formula is C23H35N7O. The van der Waals surface area contributed by atoms with E-state index in [9.17, 15) is 5.11 Å². The summed E-state index contributed by atoms with van der Waals surface area (Å²) < 4.78 is 2.14. The number of aliphatic hydroxyl groups excluding tert-OH is 1. The number of nitrogen functional groups attached to an aromatic ring is 1. The fraction of sp³-hybridized carbons (Fsp3) is 0.522. The number of aliphatic hydroxyl groups is 1. The Morgan fingerprint density at radius 2 is 1.77 bits per heavy atom. The largest absolute Gasteiger partial charge is 0.398 e. The summed E-state index contributed by atoms with van der Waals surface area (Å²) in [5, 5.41) is 25.8. The molecule has 1 aromatic carbocycles. The minimum atomic E-state index is -0.119. The van der Waals surface area contributed by atoms with Gasteiger partial charge in [-0.1, -0.05) is 45.9 Å². The van der Waals surface area contributed by atoms with Crippen LogP contribution in [0.3, 0.4) is 0 Å². The van der Waals surface area contributed by atoms with Crippen molar-refractivity contribution in [1.29, 1.82) is 0 Å². The van der Waals surface area contributed by atoms with E-state index in [0.29, 0.717) is 18.3 Å². The Hall–Kier alpha value is -2.87. The Labute approximate surface area is 184 Å². The molecule has 168 valence electrons. The Morgan fingerprint density at radius 3 is 2.35 bits per heavy atom. The molecule has 2 aliphatic heterocycles. The number of nitrogens with zero attached hydrogens (tertiary/aromatic N) is 4. The summed E-state index contributed by atoms with van der Waals surface area (Å²) >= 11 is 0.